The molecule has 140 valence electrons. The van der Waals surface area contributed by atoms with Crippen LogP contribution in [-0.4, -0.2) is 44.0 Å². The first-order valence-corrected chi connectivity index (χ1v) is 10.3. The molecule has 1 unspecified atom stereocenters. The van der Waals surface area contributed by atoms with Crippen LogP contribution < -0.4 is 14.7 Å². The van der Waals surface area contributed by atoms with Crippen molar-refractivity contribution in [3.63, 3.8) is 0 Å². The fourth-order valence-electron chi connectivity index (χ4n) is 4.17. The van der Waals surface area contributed by atoms with Crippen LogP contribution in [0.2, 0.25) is 0 Å². The number of hydrogen-bond acceptors (Lipinski definition) is 2. The number of amides is 2. The maximum atomic E-state index is 13.0. The van der Waals surface area contributed by atoms with Gasteiger partial charge >= 0.3 is 0 Å². The van der Waals surface area contributed by atoms with E-state index in [0.29, 0.717) is 12.1 Å². The Bertz CT molecular complexity index is 834. The smallest absolute Gasteiger partial charge is 0.292 e. The molecule has 1 atom stereocenters. The number of carbonyl (C=O) groups is 2. The van der Waals surface area contributed by atoms with Gasteiger partial charge in [-0.05, 0) is 18.2 Å². The molecule has 5 nitrogen and oxygen atoms in total. The number of benzene rings is 2. The largest absolute Gasteiger partial charge is 0.322 e. The predicted octanol–water partition coefficient (Wildman–Crippen LogP) is 0.0646. The molecular formula is C21H24BrN3O2+2. The summed E-state index contributed by atoms with van der Waals surface area (Å²) in [4.78, 5) is 29.7. The van der Waals surface area contributed by atoms with Crippen LogP contribution in [0.5, 0.6) is 0 Å². The van der Waals surface area contributed by atoms with Gasteiger partial charge in [0, 0.05) is 10.0 Å². The van der Waals surface area contributed by atoms with Crippen LogP contribution in [0.1, 0.15) is 12.0 Å². The molecule has 2 aromatic carbocycles. The molecule has 0 bridgehead atoms. The van der Waals surface area contributed by atoms with Crippen LogP contribution in [0.25, 0.3) is 0 Å². The quantitative estimate of drug-likeness (QED) is 0.675. The minimum Gasteiger partial charge on any atom is -0.322 e. The van der Waals surface area contributed by atoms with Gasteiger partial charge in [-0.1, -0.05) is 52.3 Å². The normalized spacial score (nSPS) is 25.8. The highest BCUT2D eigenvalue weighted by Crippen LogP contribution is 2.24. The lowest BCUT2D eigenvalue weighted by atomic mass is 10.1. The number of hydrogen-bond donors (Lipinski definition) is 2. The second-order valence-electron chi connectivity index (χ2n) is 7.37. The number of carbonyl (C=O) groups excluding carboxylic acids is 2. The molecule has 2 saturated heterocycles. The zero-order valence-electron chi connectivity index (χ0n) is 15.2. The monoisotopic (exact) mass is 429 g/mol. The third-order valence-corrected chi connectivity index (χ3v) is 6.10. The first-order chi connectivity index (χ1) is 13.1. The molecule has 27 heavy (non-hydrogen) atoms. The van der Waals surface area contributed by atoms with Crippen LogP contribution in [0, 0.1) is 0 Å². The molecule has 0 radical (unpaired) electrons. The summed E-state index contributed by atoms with van der Waals surface area (Å²) >= 11 is 3.42. The molecule has 2 aromatic rings. The molecule has 4 rings (SSSR count). The number of quaternary nitrogens is 2. The molecule has 0 spiro atoms. The summed E-state index contributed by atoms with van der Waals surface area (Å²) in [6.07, 6.45) is 0.314. The number of anilines is 1. The van der Waals surface area contributed by atoms with Gasteiger partial charge in [-0.25, -0.2) is 4.90 Å². The molecule has 2 heterocycles. The number of nitrogens with zero attached hydrogens (tertiary/aromatic N) is 1. The van der Waals surface area contributed by atoms with Gasteiger partial charge in [0.05, 0.1) is 12.1 Å². The van der Waals surface area contributed by atoms with Crippen LogP contribution in [0.15, 0.2) is 59.1 Å². The van der Waals surface area contributed by atoms with E-state index in [-0.39, 0.29) is 17.9 Å². The fourth-order valence-corrected chi connectivity index (χ4v) is 4.56. The van der Waals surface area contributed by atoms with Gasteiger partial charge in [-0.15, -0.1) is 0 Å². The van der Waals surface area contributed by atoms with Gasteiger partial charge in [0.15, 0.2) is 6.04 Å². The minimum atomic E-state index is -0.241. The lowest BCUT2D eigenvalue weighted by Crippen LogP contribution is -3.29. The van der Waals surface area contributed by atoms with Crippen LogP contribution in [0.4, 0.5) is 5.69 Å². The Labute approximate surface area is 167 Å². The van der Waals surface area contributed by atoms with Crippen molar-refractivity contribution in [1.82, 2.24) is 0 Å². The standard InChI is InChI=1S/C21H22BrN3O2/c22-17-7-4-8-18(13-17)25-20(26)14-19(21(25)27)24-11-9-23(10-12-24)15-16-5-2-1-3-6-16/h1-8,13,19H,9-12,14-15H2/p+2. The van der Waals surface area contributed by atoms with Crippen LogP contribution in [-0.2, 0) is 16.1 Å². The summed E-state index contributed by atoms with van der Waals surface area (Å²) in [6.45, 7) is 4.93. The van der Waals surface area contributed by atoms with E-state index in [9.17, 15) is 9.59 Å². The summed E-state index contributed by atoms with van der Waals surface area (Å²) in [5.41, 5.74) is 2.01. The lowest BCUT2D eigenvalue weighted by Gasteiger charge is -2.32. The molecule has 2 amide bonds. The summed E-state index contributed by atoms with van der Waals surface area (Å²) < 4.78 is 0.870. The van der Waals surface area contributed by atoms with E-state index in [1.54, 1.807) is 4.90 Å². The van der Waals surface area contributed by atoms with Gasteiger partial charge in [-0.2, -0.15) is 0 Å². The zero-order valence-corrected chi connectivity index (χ0v) is 16.7. The van der Waals surface area contributed by atoms with Gasteiger partial charge in [0.1, 0.15) is 32.7 Å². The SMILES string of the molecule is O=C1CC([NH+]2CC[NH+](Cc3ccccc3)CC2)C(=O)N1c1cccc(Br)c1. The van der Waals surface area contributed by atoms with Crippen molar-refractivity contribution < 1.29 is 19.4 Å². The Morgan fingerprint density at radius 1 is 0.963 bits per heavy atom. The molecule has 0 aliphatic carbocycles. The number of halogens is 1. The Balaban J connectivity index is 1.39. The van der Waals surface area contributed by atoms with E-state index in [0.717, 1.165) is 37.2 Å². The number of nitrogens with one attached hydrogen (secondary N) is 2. The molecule has 2 fully saturated rings. The van der Waals surface area contributed by atoms with Crippen molar-refractivity contribution in [3.05, 3.63) is 64.6 Å². The first-order valence-electron chi connectivity index (χ1n) is 9.46. The average molecular weight is 430 g/mol. The fraction of sp³-hybridized carbons (Fsp3) is 0.333. The van der Waals surface area contributed by atoms with Gasteiger partial charge in [0.25, 0.3) is 5.91 Å². The average Bonchev–Trinajstić information content (AvgIpc) is 2.97. The molecule has 2 N–H and O–H groups in total. The van der Waals surface area contributed by atoms with Crippen molar-refractivity contribution in [2.45, 2.75) is 19.0 Å². The highest BCUT2D eigenvalue weighted by atomic mass is 79.9. The molecule has 2 aliphatic rings. The highest BCUT2D eigenvalue weighted by Gasteiger charge is 2.46. The second-order valence-corrected chi connectivity index (χ2v) is 8.29. The van der Waals surface area contributed by atoms with E-state index in [1.165, 1.54) is 15.4 Å². The molecule has 0 saturated carbocycles. The van der Waals surface area contributed by atoms with Crippen molar-refractivity contribution in [2.75, 3.05) is 31.1 Å². The predicted molar refractivity (Wildman–Crippen MR) is 107 cm³/mol. The van der Waals surface area contributed by atoms with Crippen molar-refractivity contribution >= 4 is 33.4 Å². The van der Waals surface area contributed by atoms with E-state index in [1.807, 2.05) is 30.3 Å². The van der Waals surface area contributed by atoms with Crippen molar-refractivity contribution in [1.29, 1.82) is 0 Å². The number of rotatable bonds is 4. The second kappa shape index (κ2) is 7.92. The summed E-state index contributed by atoms with van der Waals surface area (Å²) in [6, 6.07) is 17.7. The van der Waals surface area contributed by atoms with E-state index in [2.05, 4.69) is 40.2 Å². The van der Waals surface area contributed by atoms with E-state index < -0.39 is 0 Å². The van der Waals surface area contributed by atoms with Crippen molar-refractivity contribution in [2.24, 2.45) is 0 Å². The van der Waals surface area contributed by atoms with Crippen LogP contribution in [0.3, 0.4) is 0 Å². The van der Waals surface area contributed by atoms with Gasteiger partial charge in [-0.3, -0.25) is 9.59 Å². The number of piperazine rings is 1. The van der Waals surface area contributed by atoms with Crippen molar-refractivity contribution in [3.8, 4) is 0 Å². The Morgan fingerprint density at radius 2 is 1.70 bits per heavy atom. The minimum absolute atomic E-state index is 0.0559. The van der Waals surface area contributed by atoms with Crippen LogP contribution >= 0.6 is 15.9 Å². The number of imide groups is 1. The molecule has 2 aliphatic heterocycles. The summed E-state index contributed by atoms with van der Waals surface area (Å²) in [5, 5.41) is 0. The zero-order chi connectivity index (χ0) is 18.8. The lowest BCUT2D eigenvalue weighted by molar-refractivity contribution is -1.02. The maximum Gasteiger partial charge on any atom is 0.292 e. The van der Waals surface area contributed by atoms with E-state index >= 15 is 0 Å². The first kappa shape index (κ1) is 18.3. The molecular weight excluding hydrogens is 406 g/mol. The third-order valence-electron chi connectivity index (χ3n) is 5.60. The van der Waals surface area contributed by atoms with Gasteiger partial charge in [0.2, 0.25) is 5.91 Å². The third kappa shape index (κ3) is 3.98. The Morgan fingerprint density at radius 3 is 2.41 bits per heavy atom. The van der Waals surface area contributed by atoms with Gasteiger partial charge < -0.3 is 9.80 Å². The summed E-state index contributed by atoms with van der Waals surface area (Å²) in [7, 11) is 0. The Kier molecular flexibility index (Phi) is 5.38. The molecule has 0 aromatic heterocycles. The molecule has 6 heteroatoms. The summed E-state index contributed by atoms with van der Waals surface area (Å²) in [5.74, 6) is -0.144. The highest BCUT2D eigenvalue weighted by molar-refractivity contribution is 9.10. The topological polar surface area (TPSA) is 46.3 Å². The Hall–Kier alpha value is -2.02. The van der Waals surface area contributed by atoms with E-state index in [4.69, 9.17) is 0 Å². The maximum absolute atomic E-state index is 13.0.